The van der Waals surface area contributed by atoms with Gasteiger partial charge in [0.1, 0.15) is 12.4 Å². The van der Waals surface area contributed by atoms with Crippen molar-refractivity contribution in [3.05, 3.63) is 52.1 Å². The molecule has 152 valence electrons. The molecule has 3 heterocycles. The number of aryl methyl sites for hydroxylation is 2. The average Bonchev–Trinajstić information content (AvgIpc) is 3.00. The third-order valence-electron chi connectivity index (χ3n) is 5.62. The van der Waals surface area contributed by atoms with E-state index in [0.29, 0.717) is 17.5 Å². The monoisotopic (exact) mass is 394 g/mol. The number of anilines is 2. The smallest absolute Gasteiger partial charge is 0.352 e. The maximum absolute atomic E-state index is 12.6. The van der Waals surface area contributed by atoms with Crippen molar-refractivity contribution in [1.82, 2.24) is 19.2 Å². The maximum atomic E-state index is 12.6. The SMILES string of the molecule is Cc1ccc(NC(=O)Cn2nc3nc(N4CCCCC4C)ccn3c2=O)cc1C. The first-order valence-electron chi connectivity index (χ1n) is 10.0. The molecule has 0 bridgehead atoms. The number of fused-ring (bicyclic) bond motifs is 1. The molecule has 0 aliphatic carbocycles. The van der Waals surface area contributed by atoms with Gasteiger partial charge in [-0.1, -0.05) is 6.07 Å². The number of amides is 1. The fraction of sp³-hybridized carbons (Fsp3) is 0.429. The van der Waals surface area contributed by atoms with E-state index in [1.165, 1.54) is 10.8 Å². The summed E-state index contributed by atoms with van der Waals surface area (Å²) in [7, 11) is 0. The highest BCUT2D eigenvalue weighted by Crippen LogP contribution is 2.22. The molecule has 0 radical (unpaired) electrons. The summed E-state index contributed by atoms with van der Waals surface area (Å²) in [6, 6.07) is 7.97. The zero-order valence-corrected chi connectivity index (χ0v) is 17.1. The number of carbonyl (C=O) groups excluding carboxylic acids is 1. The summed E-state index contributed by atoms with van der Waals surface area (Å²) >= 11 is 0. The molecular weight excluding hydrogens is 368 g/mol. The van der Waals surface area contributed by atoms with E-state index >= 15 is 0 Å². The lowest BCUT2D eigenvalue weighted by molar-refractivity contribution is -0.117. The lowest BCUT2D eigenvalue weighted by Gasteiger charge is -2.34. The molecule has 1 atom stereocenters. The molecule has 29 heavy (non-hydrogen) atoms. The standard InChI is InChI=1S/C21H26N6O2/c1-14-7-8-17(12-15(14)2)22-19(28)13-27-21(29)26-11-9-18(23-20(26)24-27)25-10-5-4-6-16(25)3/h7-9,11-12,16H,4-6,10,13H2,1-3H3,(H,22,28). The highest BCUT2D eigenvalue weighted by molar-refractivity contribution is 5.90. The first kappa shape index (κ1) is 19.2. The normalized spacial score (nSPS) is 16.9. The Balaban J connectivity index is 1.54. The number of benzene rings is 1. The number of piperidine rings is 1. The highest BCUT2D eigenvalue weighted by atomic mass is 16.2. The van der Waals surface area contributed by atoms with Gasteiger partial charge in [-0.15, -0.1) is 5.10 Å². The van der Waals surface area contributed by atoms with Crippen LogP contribution in [0.1, 0.15) is 37.3 Å². The van der Waals surface area contributed by atoms with Crippen LogP contribution < -0.4 is 15.9 Å². The summed E-state index contributed by atoms with van der Waals surface area (Å²) in [5.74, 6) is 0.828. The molecule has 4 rings (SSSR count). The second kappa shape index (κ2) is 7.69. The van der Waals surface area contributed by atoms with Crippen molar-refractivity contribution < 1.29 is 4.79 Å². The highest BCUT2D eigenvalue weighted by Gasteiger charge is 2.21. The Morgan fingerprint density at radius 1 is 1.21 bits per heavy atom. The van der Waals surface area contributed by atoms with Gasteiger partial charge in [0.2, 0.25) is 5.91 Å². The minimum atomic E-state index is -0.374. The molecule has 1 fully saturated rings. The minimum Gasteiger partial charge on any atom is -0.354 e. The molecule has 1 saturated heterocycles. The number of carbonyl (C=O) groups is 1. The van der Waals surface area contributed by atoms with Crippen LogP contribution in [-0.4, -0.2) is 37.7 Å². The Morgan fingerprint density at radius 2 is 2.03 bits per heavy atom. The largest absolute Gasteiger partial charge is 0.354 e. The molecule has 2 aromatic heterocycles. The Hall–Kier alpha value is -3.16. The molecule has 8 nitrogen and oxygen atoms in total. The van der Waals surface area contributed by atoms with Gasteiger partial charge in [-0.25, -0.2) is 13.9 Å². The molecule has 1 unspecified atom stereocenters. The summed E-state index contributed by atoms with van der Waals surface area (Å²) in [5.41, 5.74) is 2.58. The Morgan fingerprint density at radius 3 is 2.79 bits per heavy atom. The van der Waals surface area contributed by atoms with Crippen LogP contribution in [0.15, 0.2) is 35.3 Å². The van der Waals surface area contributed by atoms with Crippen LogP contribution in [0.25, 0.3) is 5.78 Å². The Kier molecular flexibility index (Phi) is 5.08. The van der Waals surface area contributed by atoms with E-state index in [1.54, 1.807) is 6.20 Å². The van der Waals surface area contributed by atoms with Gasteiger partial charge in [0, 0.05) is 24.5 Å². The topological polar surface area (TPSA) is 84.5 Å². The minimum absolute atomic E-state index is 0.162. The summed E-state index contributed by atoms with van der Waals surface area (Å²) in [4.78, 5) is 31.8. The maximum Gasteiger partial charge on any atom is 0.352 e. The molecule has 1 amide bonds. The molecule has 8 heteroatoms. The molecule has 1 N–H and O–H groups in total. The Labute approximate surface area is 169 Å². The van der Waals surface area contributed by atoms with Crippen molar-refractivity contribution in [2.24, 2.45) is 0 Å². The number of rotatable bonds is 4. The van der Waals surface area contributed by atoms with Crippen molar-refractivity contribution in [3.8, 4) is 0 Å². The van der Waals surface area contributed by atoms with Gasteiger partial charge < -0.3 is 10.2 Å². The van der Waals surface area contributed by atoms with Crippen molar-refractivity contribution in [2.75, 3.05) is 16.8 Å². The van der Waals surface area contributed by atoms with E-state index in [-0.39, 0.29) is 18.1 Å². The number of hydrogen-bond acceptors (Lipinski definition) is 5. The molecule has 3 aromatic rings. The average molecular weight is 394 g/mol. The van der Waals surface area contributed by atoms with E-state index in [1.807, 2.05) is 38.1 Å². The van der Waals surface area contributed by atoms with Gasteiger partial charge in [-0.05, 0) is 69.4 Å². The van der Waals surface area contributed by atoms with Crippen molar-refractivity contribution in [3.63, 3.8) is 0 Å². The molecule has 0 saturated carbocycles. The number of hydrogen-bond donors (Lipinski definition) is 1. The van der Waals surface area contributed by atoms with Crippen molar-refractivity contribution >= 4 is 23.2 Å². The first-order valence-corrected chi connectivity index (χ1v) is 10.0. The van der Waals surface area contributed by atoms with Gasteiger partial charge in [0.05, 0.1) is 0 Å². The van der Waals surface area contributed by atoms with Crippen LogP contribution in [-0.2, 0) is 11.3 Å². The second-order valence-electron chi connectivity index (χ2n) is 7.78. The second-order valence-corrected chi connectivity index (χ2v) is 7.78. The molecule has 0 spiro atoms. The molecule has 1 aliphatic heterocycles. The zero-order valence-electron chi connectivity index (χ0n) is 17.1. The predicted molar refractivity (Wildman–Crippen MR) is 112 cm³/mol. The fourth-order valence-electron chi connectivity index (χ4n) is 3.75. The van der Waals surface area contributed by atoms with E-state index in [2.05, 4.69) is 27.2 Å². The van der Waals surface area contributed by atoms with Crippen molar-refractivity contribution in [1.29, 1.82) is 0 Å². The first-order chi connectivity index (χ1) is 13.9. The van der Waals surface area contributed by atoms with Gasteiger partial charge >= 0.3 is 5.69 Å². The van der Waals surface area contributed by atoms with Crippen LogP contribution in [0.4, 0.5) is 11.5 Å². The zero-order chi connectivity index (χ0) is 20.5. The lowest BCUT2D eigenvalue weighted by atomic mass is 10.0. The van der Waals surface area contributed by atoms with Gasteiger partial charge in [-0.2, -0.15) is 4.98 Å². The van der Waals surface area contributed by atoms with Gasteiger partial charge in [-0.3, -0.25) is 4.79 Å². The number of aromatic nitrogens is 4. The number of nitrogens with one attached hydrogen (secondary N) is 1. The van der Waals surface area contributed by atoms with Crippen molar-refractivity contribution in [2.45, 2.75) is 52.6 Å². The van der Waals surface area contributed by atoms with Crippen LogP contribution >= 0.6 is 0 Å². The summed E-state index contributed by atoms with van der Waals surface area (Å²) in [5, 5.41) is 7.10. The third-order valence-corrected chi connectivity index (χ3v) is 5.62. The Bertz CT molecular complexity index is 1120. The van der Waals surface area contributed by atoms with Crippen LogP contribution in [0.2, 0.25) is 0 Å². The van der Waals surface area contributed by atoms with Gasteiger partial charge in [0.15, 0.2) is 0 Å². The molecule has 1 aromatic carbocycles. The fourth-order valence-corrected chi connectivity index (χ4v) is 3.75. The quantitative estimate of drug-likeness (QED) is 0.735. The van der Waals surface area contributed by atoms with E-state index < -0.39 is 0 Å². The summed E-state index contributed by atoms with van der Waals surface area (Å²) < 4.78 is 2.53. The van der Waals surface area contributed by atoms with Crippen LogP contribution in [0, 0.1) is 13.8 Å². The number of nitrogens with zero attached hydrogens (tertiary/aromatic N) is 5. The third kappa shape index (κ3) is 3.87. The molecular formula is C21H26N6O2. The lowest BCUT2D eigenvalue weighted by Crippen LogP contribution is -2.38. The van der Waals surface area contributed by atoms with Gasteiger partial charge in [0.25, 0.3) is 5.78 Å². The predicted octanol–water partition coefficient (Wildman–Crippen LogP) is 2.53. The van der Waals surface area contributed by atoms with E-state index in [0.717, 1.165) is 41.0 Å². The van der Waals surface area contributed by atoms with E-state index in [9.17, 15) is 9.59 Å². The summed E-state index contributed by atoms with van der Waals surface area (Å²) in [6.45, 7) is 6.98. The van der Waals surface area contributed by atoms with E-state index in [4.69, 9.17) is 0 Å². The van der Waals surface area contributed by atoms with Crippen LogP contribution in [0.5, 0.6) is 0 Å². The van der Waals surface area contributed by atoms with Crippen LogP contribution in [0.3, 0.4) is 0 Å². The summed E-state index contributed by atoms with van der Waals surface area (Å²) in [6.07, 6.45) is 5.18. The molecule has 1 aliphatic rings.